The Bertz CT molecular complexity index is 790. The number of anilines is 1. The second-order valence-corrected chi connectivity index (χ2v) is 5.64. The summed E-state index contributed by atoms with van der Waals surface area (Å²) in [4.78, 5) is 7.77. The lowest BCUT2D eigenvalue weighted by Crippen LogP contribution is -2.16. The highest BCUT2D eigenvalue weighted by atomic mass is 35.5. The van der Waals surface area contributed by atoms with Gasteiger partial charge in [0.1, 0.15) is 17.6 Å². The molecule has 26 heavy (non-hydrogen) atoms. The van der Waals surface area contributed by atoms with E-state index in [9.17, 15) is 8.78 Å². The summed E-state index contributed by atoms with van der Waals surface area (Å²) >= 11 is 11.5. The molecule has 138 valence electrons. The molecule has 0 bridgehead atoms. The lowest BCUT2D eigenvalue weighted by Gasteiger charge is -2.13. The average Bonchev–Trinajstić information content (AvgIpc) is 2.59. The Kier molecular flexibility index (Phi) is 7.05. The van der Waals surface area contributed by atoms with E-state index < -0.39 is 12.7 Å². The van der Waals surface area contributed by atoms with Crippen LogP contribution < -0.4 is 14.8 Å². The van der Waals surface area contributed by atoms with Gasteiger partial charge in [0.25, 0.3) is 0 Å². The average molecular weight is 404 g/mol. The molecule has 2 rings (SSSR count). The zero-order valence-corrected chi connectivity index (χ0v) is 14.8. The van der Waals surface area contributed by atoms with Crippen molar-refractivity contribution in [2.75, 3.05) is 5.32 Å². The van der Waals surface area contributed by atoms with Crippen LogP contribution in [0.25, 0.3) is 0 Å². The number of halogens is 4. The molecule has 0 fully saturated rings. The molecule has 1 atom stereocenters. The zero-order valence-electron chi connectivity index (χ0n) is 13.3. The zero-order chi connectivity index (χ0) is 19.1. The third-order valence-electron chi connectivity index (χ3n) is 2.96. The molecule has 0 saturated carbocycles. The van der Waals surface area contributed by atoms with Gasteiger partial charge in [-0.2, -0.15) is 13.9 Å². The second-order valence-electron chi connectivity index (χ2n) is 4.79. The Morgan fingerprint density at radius 2 is 1.96 bits per heavy atom. The highest BCUT2D eigenvalue weighted by Crippen LogP contribution is 2.29. The Balaban J connectivity index is 2.08. The summed E-state index contributed by atoms with van der Waals surface area (Å²) in [6.07, 6.45) is 3.45. The molecule has 1 aromatic heterocycles. The Morgan fingerprint density at radius 3 is 2.58 bits per heavy atom. The molecule has 0 saturated heterocycles. The minimum absolute atomic E-state index is 0.0434. The minimum Gasteiger partial charge on any atom is -0.454 e. The van der Waals surface area contributed by atoms with E-state index in [-0.39, 0.29) is 22.5 Å². The summed E-state index contributed by atoms with van der Waals surface area (Å²) in [5.74, 6) is -0.178. The smallest absolute Gasteiger partial charge is 0.387 e. The minimum atomic E-state index is -3.00. The van der Waals surface area contributed by atoms with Gasteiger partial charge in [-0.25, -0.2) is 15.5 Å². The van der Waals surface area contributed by atoms with Crippen molar-refractivity contribution in [2.24, 2.45) is 5.11 Å². The van der Waals surface area contributed by atoms with Crippen molar-refractivity contribution >= 4 is 28.9 Å². The lowest BCUT2D eigenvalue weighted by atomic mass is 10.3. The fourth-order valence-electron chi connectivity index (χ4n) is 1.76. The SMILES string of the molecule is CC(Oc1ncc(Cl)cn1)/C(=C/Nc1ccc(Cl)c(OC(F)F)c1)N=N. The highest BCUT2D eigenvalue weighted by Gasteiger charge is 2.13. The number of hydrogen-bond acceptors (Lipinski definition) is 7. The van der Waals surface area contributed by atoms with Crippen LogP contribution >= 0.6 is 23.2 Å². The molecule has 0 spiro atoms. The lowest BCUT2D eigenvalue weighted by molar-refractivity contribution is -0.0497. The summed E-state index contributed by atoms with van der Waals surface area (Å²) in [5.41, 5.74) is 7.86. The van der Waals surface area contributed by atoms with E-state index in [1.807, 2.05) is 0 Å². The molecule has 2 N–H and O–H groups in total. The van der Waals surface area contributed by atoms with E-state index in [0.29, 0.717) is 10.7 Å². The van der Waals surface area contributed by atoms with Crippen molar-refractivity contribution in [3.63, 3.8) is 0 Å². The summed E-state index contributed by atoms with van der Waals surface area (Å²) in [5, 5.41) is 6.58. The number of aromatic nitrogens is 2. The molecule has 2 aromatic rings. The molecular weight excluding hydrogens is 391 g/mol. The van der Waals surface area contributed by atoms with E-state index in [1.54, 1.807) is 13.0 Å². The van der Waals surface area contributed by atoms with Crippen molar-refractivity contribution in [1.29, 1.82) is 5.53 Å². The monoisotopic (exact) mass is 403 g/mol. The number of hydrogen-bond donors (Lipinski definition) is 2. The van der Waals surface area contributed by atoms with Crippen molar-refractivity contribution in [1.82, 2.24) is 9.97 Å². The van der Waals surface area contributed by atoms with Gasteiger partial charge < -0.3 is 14.8 Å². The van der Waals surface area contributed by atoms with Gasteiger partial charge >= 0.3 is 12.6 Å². The van der Waals surface area contributed by atoms with Gasteiger partial charge in [0.05, 0.1) is 22.4 Å². The molecule has 7 nitrogen and oxygen atoms in total. The fraction of sp³-hybridized carbons (Fsp3) is 0.200. The maximum Gasteiger partial charge on any atom is 0.387 e. The van der Waals surface area contributed by atoms with E-state index in [0.717, 1.165) is 0 Å². The van der Waals surface area contributed by atoms with Gasteiger partial charge in [-0.3, -0.25) is 0 Å². The van der Waals surface area contributed by atoms with Gasteiger partial charge in [-0.1, -0.05) is 23.2 Å². The first-order valence-electron chi connectivity index (χ1n) is 7.11. The van der Waals surface area contributed by atoms with Crippen LogP contribution in [0.4, 0.5) is 14.5 Å². The van der Waals surface area contributed by atoms with Gasteiger partial charge in [0.2, 0.25) is 0 Å². The maximum absolute atomic E-state index is 12.3. The van der Waals surface area contributed by atoms with E-state index >= 15 is 0 Å². The summed E-state index contributed by atoms with van der Waals surface area (Å²) in [7, 11) is 0. The van der Waals surface area contributed by atoms with Crippen LogP contribution in [0.15, 0.2) is 47.6 Å². The highest BCUT2D eigenvalue weighted by molar-refractivity contribution is 6.32. The normalized spacial score (nSPS) is 12.6. The standard InChI is InChI=1S/C15H13Cl2F2N5O2/c1-8(25-15-22-5-9(16)6-23-15)12(24-20)7-21-10-2-3-11(17)13(4-10)26-14(18)19/h2-8,14,20-21H,1H3/b12-7-,24-20?. The van der Waals surface area contributed by atoms with Gasteiger partial charge in [-0.15, -0.1) is 0 Å². The van der Waals surface area contributed by atoms with Gasteiger partial charge in [0, 0.05) is 18.0 Å². The molecule has 1 unspecified atom stereocenters. The van der Waals surface area contributed by atoms with Crippen molar-refractivity contribution < 1.29 is 18.3 Å². The van der Waals surface area contributed by atoms with E-state index in [1.165, 1.54) is 30.7 Å². The van der Waals surface area contributed by atoms with Gasteiger partial charge in [0.15, 0.2) is 0 Å². The van der Waals surface area contributed by atoms with Crippen molar-refractivity contribution in [2.45, 2.75) is 19.6 Å². The first-order valence-corrected chi connectivity index (χ1v) is 7.87. The molecule has 0 radical (unpaired) electrons. The van der Waals surface area contributed by atoms with Crippen LogP contribution in [0.2, 0.25) is 10.0 Å². The Hall–Kier alpha value is -2.52. The quantitative estimate of drug-likeness (QED) is 0.595. The predicted octanol–water partition coefficient (Wildman–Crippen LogP) is 5.14. The molecule has 11 heteroatoms. The number of nitrogens with one attached hydrogen (secondary N) is 2. The van der Waals surface area contributed by atoms with Gasteiger partial charge in [-0.05, 0) is 19.1 Å². The van der Waals surface area contributed by atoms with Crippen LogP contribution in [0.1, 0.15) is 6.92 Å². The first kappa shape index (κ1) is 19.8. The topological polar surface area (TPSA) is 92.5 Å². The Morgan fingerprint density at radius 1 is 1.27 bits per heavy atom. The Labute approximate surface area is 157 Å². The number of nitrogens with zero attached hydrogens (tertiary/aromatic N) is 3. The first-order chi connectivity index (χ1) is 12.4. The van der Waals surface area contributed by atoms with Crippen LogP contribution in [0.3, 0.4) is 0 Å². The largest absolute Gasteiger partial charge is 0.454 e. The number of alkyl halides is 2. The summed E-state index contributed by atoms with van der Waals surface area (Å²) < 4.78 is 34.5. The molecule has 0 aliphatic carbocycles. The fourth-order valence-corrected chi connectivity index (χ4v) is 2.02. The summed E-state index contributed by atoms with van der Waals surface area (Å²) in [6.45, 7) is -1.36. The van der Waals surface area contributed by atoms with Crippen LogP contribution in [0.5, 0.6) is 11.8 Å². The van der Waals surface area contributed by atoms with Crippen LogP contribution in [0, 0.1) is 5.53 Å². The van der Waals surface area contributed by atoms with E-state index in [2.05, 4.69) is 25.1 Å². The summed E-state index contributed by atoms with van der Waals surface area (Å²) in [6, 6.07) is 4.30. The van der Waals surface area contributed by atoms with Crippen LogP contribution in [-0.2, 0) is 0 Å². The predicted molar refractivity (Wildman–Crippen MR) is 92.1 cm³/mol. The number of rotatable bonds is 8. The molecule has 0 aliphatic heterocycles. The third-order valence-corrected chi connectivity index (χ3v) is 3.47. The molecule has 1 heterocycles. The molecular formula is C15H13Cl2F2N5O2. The third kappa shape index (κ3) is 5.78. The van der Waals surface area contributed by atoms with Crippen molar-refractivity contribution in [3.05, 3.63) is 52.5 Å². The molecule has 0 amide bonds. The van der Waals surface area contributed by atoms with E-state index in [4.69, 9.17) is 33.5 Å². The van der Waals surface area contributed by atoms with Crippen molar-refractivity contribution in [3.8, 4) is 11.8 Å². The number of ether oxygens (including phenoxy) is 2. The molecule has 0 aliphatic rings. The number of benzene rings is 1. The maximum atomic E-state index is 12.3. The molecule has 1 aromatic carbocycles. The van der Waals surface area contributed by atoms with Crippen LogP contribution in [-0.4, -0.2) is 22.7 Å². The second kappa shape index (κ2) is 9.25.